The van der Waals surface area contributed by atoms with Gasteiger partial charge in [0.05, 0.1) is 16.8 Å². The van der Waals surface area contributed by atoms with Crippen LogP contribution in [0.2, 0.25) is 0 Å². The molecule has 2 aliphatic rings. The normalized spacial score (nSPS) is 18.9. The number of aromatic nitrogens is 1. The summed E-state index contributed by atoms with van der Waals surface area (Å²) in [5.74, 6) is -0.651. The maximum atomic E-state index is 12.8. The average molecular weight is 336 g/mol. The van der Waals surface area contributed by atoms with Gasteiger partial charge < -0.3 is 15.5 Å². The summed E-state index contributed by atoms with van der Waals surface area (Å²) in [6.45, 7) is 0.572. The molecule has 7 heteroatoms. The van der Waals surface area contributed by atoms with E-state index in [-0.39, 0.29) is 17.7 Å². The van der Waals surface area contributed by atoms with Crippen LogP contribution in [0.5, 0.6) is 0 Å². The number of nitrogens with one attached hydrogen (secondary N) is 2. The Kier molecular flexibility index (Phi) is 3.68. The van der Waals surface area contributed by atoms with E-state index in [0.717, 1.165) is 6.42 Å². The maximum Gasteiger partial charge on any atom is 0.257 e. The van der Waals surface area contributed by atoms with E-state index in [2.05, 4.69) is 15.6 Å². The van der Waals surface area contributed by atoms with Crippen LogP contribution in [0, 0.1) is 0 Å². The van der Waals surface area contributed by atoms with E-state index in [0.29, 0.717) is 35.5 Å². The average Bonchev–Trinajstić information content (AvgIpc) is 3.09. The summed E-state index contributed by atoms with van der Waals surface area (Å²) in [6, 6.07) is 7.84. The molecular weight excluding hydrogens is 320 g/mol. The van der Waals surface area contributed by atoms with Crippen molar-refractivity contribution in [2.45, 2.75) is 18.9 Å². The van der Waals surface area contributed by atoms with Crippen LogP contribution in [-0.4, -0.2) is 40.2 Å². The highest BCUT2D eigenvalue weighted by molar-refractivity contribution is 6.11. The number of amides is 3. The van der Waals surface area contributed by atoms with Crippen molar-refractivity contribution in [1.82, 2.24) is 9.88 Å². The maximum absolute atomic E-state index is 12.8. The smallest absolute Gasteiger partial charge is 0.257 e. The standard InChI is InChI=1S/C18H16N4O3/c23-16(11-3-1-7-19-10-11)20-12-5-6-14-13(9-12)18(25)22-8-2-4-15(22)17(24)21-14/h1,3,5-7,9-10,15H,2,4,8H2,(H,20,23)(H,21,24). The number of anilines is 2. The van der Waals surface area contributed by atoms with Gasteiger partial charge in [0, 0.05) is 24.6 Å². The predicted octanol–water partition coefficient (Wildman–Crippen LogP) is 1.89. The SMILES string of the molecule is O=C(Nc1ccc2c(c1)C(=O)N1CCCC1C(=O)N2)c1cccnc1. The number of hydrogen-bond acceptors (Lipinski definition) is 4. The quantitative estimate of drug-likeness (QED) is 0.876. The molecule has 1 aromatic heterocycles. The number of nitrogens with zero attached hydrogens (tertiary/aromatic N) is 2. The number of carbonyl (C=O) groups is 3. The van der Waals surface area contributed by atoms with Crippen molar-refractivity contribution in [3.63, 3.8) is 0 Å². The lowest BCUT2D eigenvalue weighted by molar-refractivity contribution is -0.119. The van der Waals surface area contributed by atoms with Gasteiger partial charge in [0.15, 0.2) is 0 Å². The topological polar surface area (TPSA) is 91.4 Å². The Bertz CT molecular complexity index is 866. The Morgan fingerprint density at radius 3 is 2.96 bits per heavy atom. The Hall–Kier alpha value is -3.22. The third kappa shape index (κ3) is 2.73. The number of hydrogen-bond donors (Lipinski definition) is 2. The monoisotopic (exact) mass is 336 g/mol. The summed E-state index contributed by atoms with van der Waals surface area (Å²) >= 11 is 0. The highest BCUT2D eigenvalue weighted by atomic mass is 16.2. The number of pyridine rings is 1. The zero-order valence-corrected chi connectivity index (χ0v) is 13.4. The van der Waals surface area contributed by atoms with Gasteiger partial charge in [-0.1, -0.05) is 0 Å². The molecule has 0 radical (unpaired) electrons. The van der Waals surface area contributed by atoms with Crippen LogP contribution in [0.4, 0.5) is 11.4 Å². The van der Waals surface area contributed by atoms with E-state index in [4.69, 9.17) is 0 Å². The van der Waals surface area contributed by atoms with Crippen molar-refractivity contribution in [3.8, 4) is 0 Å². The zero-order valence-electron chi connectivity index (χ0n) is 13.4. The first-order valence-corrected chi connectivity index (χ1v) is 8.11. The van der Waals surface area contributed by atoms with E-state index in [1.807, 2.05) is 0 Å². The zero-order chi connectivity index (χ0) is 17.4. The molecule has 3 amide bonds. The summed E-state index contributed by atoms with van der Waals surface area (Å²) in [6.07, 6.45) is 4.55. The predicted molar refractivity (Wildman–Crippen MR) is 91.3 cm³/mol. The van der Waals surface area contributed by atoms with Crippen molar-refractivity contribution in [1.29, 1.82) is 0 Å². The highest BCUT2D eigenvalue weighted by Gasteiger charge is 2.38. The van der Waals surface area contributed by atoms with Crippen molar-refractivity contribution >= 4 is 29.1 Å². The van der Waals surface area contributed by atoms with E-state index in [1.54, 1.807) is 41.4 Å². The second-order valence-corrected chi connectivity index (χ2v) is 6.10. The molecule has 0 bridgehead atoms. The molecule has 3 heterocycles. The molecule has 1 fully saturated rings. The first kappa shape index (κ1) is 15.3. The highest BCUT2D eigenvalue weighted by Crippen LogP contribution is 2.30. The van der Waals surface area contributed by atoms with Gasteiger partial charge in [-0.2, -0.15) is 0 Å². The second kappa shape index (κ2) is 6.01. The molecular formula is C18H16N4O3. The van der Waals surface area contributed by atoms with Crippen molar-refractivity contribution in [3.05, 3.63) is 53.9 Å². The first-order valence-electron chi connectivity index (χ1n) is 8.11. The Morgan fingerprint density at radius 2 is 2.16 bits per heavy atom. The molecule has 126 valence electrons. The van der Waals surface area contributed by atoms with Crippen LogP contribution in [0.1, 0.15) is 33.6 Å². The summed E-state index contributed by atoms with van der Waals surface area (Å²) < 4.78 is 0. The molecule has 1 atom stereocenters. The molecule has 4 rings (SSSR count). The van der Waals surface area contributed by atoms with Crippen LogP contribution in [0.25, 0.3) is 0 Å². The molecule has 0 saturated carbocycles. The van der Waals surface area contributed by atoms with E-state index in [9.17, 15) is 14.4 Å². The van der Waals surface area contributed by atoms with Crippen LogP contribution >= 0.6 is 0 Å². The van der Waals surface area contributed by atoms with Crippen molar-refractivity contribution in [2.75, 3.05) is 17.2 Å². The molecule has 25 heavy (non-hydrogen) atoms. The summed E-state index contributed by atoms with van der Waals surface area (Å²) in [4.78, 5) is 42.8. The van der Waals surface area contributed by atoms with Crippen LogP contribution in [0.15, 0.2) is 42.7 Å². The molecule has 1 saturated heterocycles. The number of carbonyl (C=O) groups excluding carboxylic acids is 3. The molecule has 7 nitrogen and oxygen atoms in total. The van der Waals surface area contributed by atoms with Gasteiger partial charge in [0.25, 0.3) is 11.8 Å². The molecule has 1 unspecified atom stereocenters. The molecule has 2 N–H and O–H groups in total. The molecule has 2 aromatic rings. The minimum atomic E-state index is -0.409. The van der Waals surface area contributed by atoms with Crippen LogP contribution in [-0.2, 0) is 4.79 Å². The van der Waals surface area contributed by atoms with Gasteiger partial charge >= 0.3 is 0 Å². The molecule has 0 aliphatic carbocycles. The summed E-state index contributed by atoms with van der Waals surface area (Å²) in [5.41, 5.74) is 1.79. The van der Waals surface area contributed by atoms with E-state index < -0.39 is 6.04 Å². The lowest BCUT2D eigenvalue weighted by Gasteiger charge is -2.20. The van der Waals surface area contributed by atoms with Gasteiger partial charge in [-0.25, -0.2) is 0 Å². The summed E-state index contributed by atoms with van der Waals surface area (Å²) in [5, 5.41) is 5.57. The Labute approximate surface area is 144 Å². The molecule has 0 spiro atoms. The van der Waals surface area contributed by atoms with Gasteiger partial charge in [-0.3, -0.25) is 19.4 Å². The third-order valence-electron chi connectivity index (χ3n) is 4.51. The Balaban J connectivity index is 1.64. The third-order valence-corrected chi connectivity index (χ3v) is 4.51. The van der Waals surface area contributed by atoms with Gasteiger partial charge in [0.1, 0.15) is 6.04 Å². The lowest BCUT2D eigenvalue weighted by Crippen LogP contribution is -2.40. The summed E-state index contributed by atoms with van der Waals surface area (Å²) in [7, 11) is 0. The number of benzene rings is 1. The van der Waals surface area contributed by atoms with Gasteiger partial charge in [-0.15, -0.1) is 0 Å². The Morgan fingerprint density at radius 1 is 1.28 bits per heavy atom. The van der Waals surface area contributed by atoms with Gasteiger partial charge in [-0.05, 0) is 43.2 Å². The minimum absolute atomic E-state index is 0.156. The fourth-order valence-electron chi connectivity index (χ4n) is 3.26. The number of rotatable bonds is 2. The lowest BCUT2D eigenvalue weighted by atomic mass is 10.1. The largest absolute Gasteiger partial charge is 0.327 e. The number of fused-ring (bicyclic) bond motifs is 2. The fourth-order valence-corrected chi connectivity index (χ4v) is 3.26. The fraction of sp³-hybridized carbons (Fsp3) is 0.222. The van der Waals surface area contributed by atoms with E-state index >= 15 is 0 Å². The first-order chi connectivity index (χ1) is 12.1. The van der Waals surface area contributed by atoms with Crippen LogP contribution in [0.3, 0.4) is 0 Å². The second-order valence-electron chi connectivity index (χ2n) is 6.10. The molecule has 1 aromatic carbocycles. The van der Waals surface area contributed by atoms with Crippen LogP contribution < -0.4 is 10.6 Å². The van der Waals surface area contributed by atoms with E-state index in [1.165, 1.54) is 6.20 Å². The minimum Gasteiger partial charge on any atom is -0.327 e. The van der Waals surface area contributed by atoms with Gasteiger partial charge in [0.2, 0.25) is 5.91 Å². The van der Waals surface area contributed by atoms with Crippen molar-refractivity contribution in [2.24, 2.45) is 0 Å². The molecule has 2 aliphatic heterocycles. The van der Waals surface area contributed by atoms with Crippen molar-refractivity contribution < 1.29 is 14.4 Å².